The van der Waals surface area contributed by atoms with Gasteiger partial charge in [-0.25, -0.2) is 13.9 Å². The maximum Gasteiger partial charge on any atom is 0.323 e. The second-order valence-electron chi connectivity index (χ2n) is 7.97. The third-order valence-electron chi connectivity index (χ3n) is 5.84. The molecule has 174 valence electrons. The van der Waals surface area contributed by atoms with Crippen molar-refractivity contribution in [3.8, 4) is 22.7 Å². The minimum atomic E-state index is -0.505. The van der Waals surface area contributed by atoms with Gasteiger partial charge in [0.25, 0.3) is 0 Å². The van der Waals surface area contributed by atoms with Crippen molar-refractivity contribution in [1.29, 1.82) is 0 Å². The van der Waals surface area contributed by atoms with Crippen LogP contribution in [0.1, 0.15) is 5.56 Å². The van der Waals surface area contributed by atoms with Crippen molar-refractivity contribution in [2.24, 2.45) is 0 Å². The molecule has 0 radical (unpaired) electrons. The third-order valence-corrected chi connectivity index (χ3v) is 6.19. The van der Waals surface area contributed by atoms with Crippen molar-refractivity contribution in [3.63, 3.8) is 0 Å². The summed E-state index contributed by atoms with van der Waals surface area (Å²) in [7, 11) is 1.58. The molecule has 3 aromatic carbocycles. The van der Waals surface area contributed by atoms with Gasteiger partial charge in [-0.15, -0.1) is 5.10 Å². The average Bonchev–Trinajstić information content (AvgIpc) is 3.57. The number of methoxy groups -OCH3 is 1. The molecule has 0 aliphatic heterocycles. The van der Waals surface area contributed by atoms with Gasteiger partial charge in [-0.05, 0) is 54.1 Å². The van der Waals surface area contributed by atoms with Gasteiger partial charge in [-0.2, -0.15) is 5.10 Å². The highest BCUT2D eigenvalue weighted by Crippen LogP contribution is 2.29. The van der Waals surface area contributed by atoms with Crippen LogP contribution in [0.4, 0.5) is 4.39 Å². The van der Waals surface area contributed by atoms with E-state index in [0.29, 0.717) is 50.8 Å². The molecule has 6 rings (SSSR count). The van der Waals surface area contributed by atoms with Gasteiger partial charge in [-0.1, -0.05) is 22.9 Å². The first-order chi connectivity index (χ1) is 17.0. The average molecular weight is 490 g/mol. The first kappa shape index (κ1) is 21.1. The van der Waals surface area contributed by atoms with Gasteiger partial charge in [0, 0.05) is 16.8 Å². The standard InChI is InChI=1S/C24H17ClFN7O2/c1-35-16-4-2-13(17(25)11-16)12-32-21(6-7-27-32)14-8-18(26)23-22(9-14)33(31-30-23)15-3-5-19-20(10-15)29-24(34)28-19/h2-11H,12H2,1H3,(H2,28,29,34). The van der Waals surface area contributed by atoms with Gasteiger partial charge in [-0.3, -0.25) is 4.68 Å². The fourth-order valence-electron chi connectivity index (χ4n) is 4.12. The monoisotopic (exact) mass is 489 g/mol. The summed E-state index contributed by atoms with van der Waals surface area (Å²) in [5, 5.41) is 13.1. The predicted octanol–water partition coefficient (Wildman–Crippen LogP) is 4.30. The summed E-state index contributed by atoms with van der Waals surface area (Å²) in [6, 6.07) is 15.8. The first-order valence-electron chi connectivity index (χ1n) is 10.6. The van der Waals surface area contributed by atoms with Crippen molar-refractivity contribution >= 4 is 33.7 Å². The van der Waals surface area contributed by atoms with Crippen molar-refractivity contribution < 1.29 is 9.13 Å². The smallest absolute Gasteiger partial charge is 0.323 e. The lowest BCUT2D eigenvalue weighted by molar-refractivity contribution is 0.414. The van der Waals surface area contributed by atoms with E-state index in [1.807, 2.05) is 24.3 Å². The number of hydrogen-bond donors (Lipinski definition) is 2. The Morgan fingerprint density at radius 1 is 1.06 bits per heavy atom. The van der Waals surface area contributed by atoms with Crippen molar-refractivity contribution in [1.82, 2.24) is 34.7 Å². The van der Waals surface area contributed by atoms with Crippen molar-refractivity contribution in [2.45, 2.75) is 6.54 Å². The van der Waals surface area contributed by atoms with E-state index in [-0.39, 0.29) is 11.2 Å². The Bertz CT molecular complexity index is 1780. The SMILES string of the molecule is COc1ccc(Cn2nccc2-c2cc(F)c3nnn(-c4ccc5[nH]c(=O)[nH]c5c4)c3c2)c(Cl)c1. The molecule has 0 fully saturated rings. The fourth-order valence-corrected chi connectivity index (χ4v) is 4.35. The fraction of sp³-hybridized carbons (Fsp3) is 0.0833. The summed E-state index contributed by atoms with van der Waals surface area (Å²) in [6.07, 6.45) is 1.65. The van der Waals surface area contributed by atoms with E-state index in [1.165, 1.54) is 10.7 Å². The van der Waals surface area contributed by atoms with Gasteiger partial charge in [0.1, 0.15) is 11.3 Å². The zero-order valence-electron chi connectivity index (χ0n) is 18.3. The lowest BCUT2D eigenvalue weighted by atomic mass is 10.1. The molecule has 0 aliphatic carbocycles. The molecule has 0 atom stereocenters. The second-order valence-corrected chi connectivity index (χ2v) is 8.37. The Labute approximate surface area is 201 Å². The van der Waals surface area contributed by atoms with Crippen LogP contribution in [0.3, 0.4) is 0 Å². The molecule has 0 amide bonds. The number of aromatic amines is 2. The maximum atomic E-state index is 15.1. The van der Waals surface area contributed by atoms with Crippen LogP contribution >= 0.6 is 11.6 Å². The molecule has 0 spiro atoms. The zero-order valence-corrected chi connectivity index (χ0v) is 19.0. The van der Waals surface area contributed by atoms with Gasteiger partial charge in [0.15, 0.2) is 5.82 Å². The van der Waals surface area contributed by atoms with Crippen LogP contribution in [0.15, 0.2) is 65.6 Å². The van der Waals surface area contributed by atoms with E-state index in [9.17, 15) is 4.79 Å². The number of hydrogen-bond acceptors (Lipinski definition) is 5. The Kier molecular flexibility index (Phi) is 4.89. The largest absolute Gasteiger partial charge is 0.497 e. The molecule has 0 saturated carbocycles. The van der Waals surface area contributed by atoms with Crippen LogP contribution in [0.2, 0.25) is 5.02 Å². The second kappa shape index (κ2) is 8.10. The summed E-state index contributed by atoms with van der Waals surface area (Å²) < 4.78 is 23.6. The normalized spacial score (nSPS) is 11.5. The van der Waals surface area contributed by atoms with Crippen LogP contribution in [-0.2, 0) is 6.54 Å². The summed E-state index contributed by atoms with van der Waals surface area (Å²) in [6.45, 7) is 0.389. The quantitative estimate of drug-likeness (QED) is 0.375. The molecule has 0 unspecified atom stereocenters. The summed E-state index contributed by atoms with van der Waals surface area (Å²) >= 11 is 6.42. The van der Waals surface area contributed by atoms with Crippen LogP contribution in [-0.4, -0.2) is 41.9 Å². The highest BCUT2D eigenvalue weighted by molar-refractivity contribution is 6.31. The molecule has 3 heterocycles. The number of nitrogens with zero attached hydrogens (tertiary/aromatic N) is 5. The molecule has 2 N–H and O–H groups in total. The number of fused-ring (bicyclic) bond motifs is 2. The van der Waals surface area contributed by atoms with Gasteiger partial charge >= 0.3 is 5.69 Å². The number of nitrogens with one attached hydrogen (secondary N) is 2. The topological polar surface area (TPSA) is 106 Å². The van der Waals surface area contributed by atoms with E-state index in [0.717, 1.165) is 5.56 Å². The van der Waals surface area contributed by atoms with E-state index >= 15 is 4.39 Å². The number of H-pyrrole nitrogens is 2. The number of benzene rings is 3. The van der Waals surface area contributed by atoms with Crippen molar-refractivity contribution in [2.75, 3.05) is 7.11 Å². The number of imidazole rings is 1. The molecule has 6 aromatic rings. The lowest BCUT2D eigenvalue weighted by Gasteiger charge is -2.11. The van der Waals surface area contributed by atoms with Gasteiger partial charge in [0.05, 0.1) is 41.6 Å². The molecular formula is C24H17ClFN7O2. The molecule has 0 saturated heterocycles. The molecule has 35 heavy (non-hydrogen) atoms. The Balaban J connectivity index is 1.43. The molecule has 0 aliphatic rings. The van der Waals surface area contributed by atoms with Crippen LogP contribution in [0.5, 0.6) is 5.75 Å². The Hall–Kier alpha value is -4.44. The van der Waals surface area contributed by atoms with Crippen LogP contribution < -0.4 is 10.4 Å². The van der Waals surface area contributed by atoms with E-state index < -0.39 is 5.82 Å². The molecule has 3 aromatic heterocycles. The molecular weight excluding hydrogens is 473 g/mol. The lowest BCUT2D eigenvalue weighted by Crippen LogP contribution is -2.05. The van der Waals surface area contributed by atoms with Crippen LogP contribution in [0.25, 0.3) is 39.0 Å². The molecule has 0 bridgehead atoms. The maximum absolute atomic E-state index is 15.1. The van der Waals surface area contributed by atoms with Crippen LogP contribution in [0, 0.1) is 5.82 Å². The van der Waals surface area contributed by atoms with E-state index in [2.05, 4.69) is 25.4 Å². The number of ether oxygens (including phenoxy) is 1. The van der Waals surface area contributed by atoms with Gasteiger partial charge in [0.2, 0.25) is 0 Å². The van der Waals surface area contributed by atoms with E-state index in [1.54, 1.807) is 42.3 Å². The summed E-state index contributed by atoms with van der Waals surface area (Å²) in [5.74, 6) is 0.157. The highest BCUT2D eigenvalue weighted by Gasteiger charge is 2.17. The number of rotatable bonds is 5. The van der Waals surface area contributed by atoms with Gasteiger partial charge < -0.3 is 14.7 Å². The Morgan fingerprint density at radius 3 is 2.74 bits per heavy atom. The highest BCUT2D eigenvalue weighted by atomic mass is 35.5. The predicted molar refractivity (Wildman–Crippen MR) is 130 cm³/mol. The Morgan fingerprint density at radius 2 is 1.91 bits per heavy atom. The third kappa shape index (κ3) is 3.64. The number of aromatic nitrogens is 7. The zero-order chi connectivity index (χ0) is 24.1. The van der Waals surface area contributed by atoms with E-state index in [4.69, 9.17) is 16.3 Å². The number of halogens is 2. The summed E-state index contributed by atoms with van der Waals surface area (Å²) in [4.78, 5) is 17.0. The molecule has 11 heteroatoms. The minimum absolute atomic E-state index is 0.140. The first-order valence-corrected chi connectivity index (χ1v) is 11.0. The molecule has 9 nitrogen and oxygen atoms in total. The van der Waals surface area contributed by atoms with Crippen molar-refractivity contribution in [3.05, 3.63) is 87.7 Å². The minimum Gasteiger partial charge on any atom is -0.497 e. The summed E-state index contributed by atoms with van der Waals surface area (Å²) in [5.41, 5.74) is 4.38.